The molecule has 0 heterocycles. The molecular weight excluding hydrogens is 443 g/mol. The lowest BCUT2D eigenvalue weighted by molar-refractivity contribution is -0.384. The Morgan fingerprint density at radius 1 is 1.19 bits per heavy atom. The highest BCUT2D eigenvalue weighted by atomic mass is 32.2. The molecule has 0 unspecified atom stereocenters. The van der Waals surface area contributed by atoms with E-state index in [1.807, 2.05) is 4.72 Å². The number of hydrogen-bond acceptors (Lipinski definition) is 7. The van der Waals surface area contributed by atoms with Gasteiger partial charge in [0.2, 0.25) is 10.0 Å². The number of benzene rings is 2. The Morgan fingerprint density at radius 2 is 1.84 bits per heavy atom. The highest BCUT2D eigenvalue weighted by molar-refractivity contribution is 7.89. The molecule has 1 N–H and O–H groups in total. The van der Waals surface area contributed by atoms with Crippen LogP contribution in [0.4, 0.5) is 24.5 Å². The summed E-state index contributed by atoms with van der Waals surface area (Å²) in [5.74, 6) is -1.13. The smallest absolute Gasteiger partial charge is 0.416 e. The van der Waals surface area contributed by atoms with Gasteiger partial charge in [-0.15, -0.1) is 0 Å². The molecule has 2 aromatic carbocycles. The summed E-state index contributed by atoms with van der Waals surface area (Å²) in [6.45, 7) is -1.58. The summed E-state index contributed by atoms with van der Waals surface area (Å²) in [5, 5.41) is 11.2. The molecule has 2 rings (SSSR count). The average Bonchev–Trinajstić information content (AvgIpc) is 2.69. The predicted octanol–water partition coefficient (Wildman–Crippen LogP) is 2.70. The monoisotopic (exact) mass is 461 g/mol. The minimum atomic E-state index is -4.64. The molecule has 168 valence electrons. The summed E-state index contributed by atoms with van der Waals surface area (Å²) in [6, 6.07) is 7.67. The molecule has 2 aromatic rings. The van der Waals surface area contributed by atoms with E-state index in [4.69, 9.17) is 4.74 Å². The molecule has 0 aliphatic rings. The molecule has 9 nitrogen and oxygen atoms in total. The molecule has 0 bridgehead atoms. The van der Waals surface area contributed by atoms with Gasteiger partial charge in [0.25, 0.3) is 5.69 Å². The summed E-state index contributed by atoms with van der Waals surface area (Å²) in [7, 11) is -1.24. The number of esters is 1. The van der Waals surface area contributed by atoms with Crippen LogP contribution in [0.15, 0.2) is 47.4 Å². The zero-order valence-corrected chi connectivity index (χ0v) is 17.2. The number of sulfonamides is 1. The van der Waals surface area contributed by atoms with E-state index in [0.29, 0.717) is 0 Å². The number of nitro groups is 1. The summed E-state index contributed by atoms with van der Waals surface area (Å²) >= 11 is 0. The topological polar surface area (TPSA) is 119 Å². The Labute approximate surface area is 175 Å². The van der Waals surface area contributed by atoms with Gasteiger partial charge in [-0.25, -0.2) is 8.42 Å². The maximum Gasteiger partial charge on any atom is 0.416 e. The highest BCUT2D eigenvalue weighted by Crippen LogP contribution is 2.32. The lowest BCUT2D eigenvalue weighted by Crippen LogP contribution is -2.31. The van der Waals surface area contributed by atoms with Crippen molar-refractivity contribution >= 4 is 27.4 Å². The molecule has 0 aromatic heterocycles. The van der Waals surface area contributed by atoms with E-state index >= 15 is 0 Å². The summed E-state index contributed by atoms with van der Waals surface area (Å²) in [4.78, 5) is 23.2. The number of anilines is 1. The van der Waals surface area contributed by atoms with E-state index in [0.717, 1.165) is 24.3 Å². The van der Waals surface area contributed by atoms with E-state index in [1.165, 1.54) is 23.1 Å². The maximum atomic E-state index is 12.9. The SMILES string of the molecule is CN(C)c1ccc(S(=O)(=O)NCC(=O)OCc2ccccc2C(F)(F)F)cc1[N+](=O)[O-]. The molecule has 0 aliphatic heterocycles. The zero-order valence-electron chi connectivity index (χ0n) is 16.3. The van der Waals surface area contributed by atoms with Crippen LogP contribution in [0.5, 0.6) is 0 Å². The standard InChI is InChI=1S/C18H18F3N3O6S/c1-23(2)15-8-7-13(9-16(15)24(26)27)31(28,29)22-10-17(25)30-11-12-5-3-4-6-14(12)18(19,20)21/h3-9,22H,10-11H2,1-2H3. The van der Waals surface area contributed by atoms with E-state index in [-0.39, 0.29) is 11.3 Å². The van der Waals surface area contributed by atoms with Crippen LogP contribution < -0.4 is 9.62 Å². The molecule has 0 spiro atoms. The van der Waals surface area contributed by atoms with Crippen molar-refractivity contribution < 1.29 is 36.0 Å². The minimum Gasteiger partial charge on any atom is -0.460 e. The number of alkyl halides is 3. The number of ether oxygens (including phenoxy) is 1. The fourth-order valence-corrected chi connectivity index (χ4v) is 3.55. The van der Waals surface area contributed by atoms with Gasteiger partial charge in [-0.1, -0.05) is 18.2 Å². The summed E-state index contributed by atoms with van der Waals surface area (Å²) < 4.78 is 70.2. The second kappa shape index (κ2) is 9.31. The van der Waals surface area contributed by atoms with E-state index in [2.05, 4.69) is 0 Å². The van der Waals surface area contributed by atoms with Crippen molar-refractivity contribution in [2.24, 2.45) is 0 Å². The first-order chi connectivity index (χ1) is 14.3. The molecule has 0 aliphatic carbocycles. The molecule has 0 atom stereocenters. The molecule has 31 heavy (non-hydrogen) atoms. The lowest BCUT2D eigenvalue weighted by Gasteiger charge is -2.14. The van der Waals surface area contributed by atoms with Crippen molar-refractivity contribution in [2.45, 2.75) is 17.7 Å². The number of rotatable bonds is 8. The van der Waals surface area contributed by atoms with Crippen LogP contribution in [0.3, 0.4) is 0 Å². The molecule has 0 radical (unpaired) electrons. The Morgan fingerprint density at radius 3 is 2.42 bits per heavy atom. The van der Waals surface area contributed by atoms with E-state index < -0.39 is 56.4 Å². The number of carbonyl (C=O) groups is 1. The second-order valence-corrected chi connectivity index (χ2v) is 8.21. The van der Waals surface area contributed by atoms with Crippen LogP contribution in [0.25, 0.3) is 0 Å². The molecule has 0 amide bonds. The van der Waals surface area contributed by atoms with E-state index in [1.54, 1.807) is 14.1 Å². The summed E-state index contributed by atoms with van der Waals surface area (Å²) in [5.41, 5.74) is -1.55. The normalized spacial score (nSPS) is 11.8. The molecule has 0 saturated carbocycles. The molecule has 13 heteroatoms. The van der Waals surface area contributed by atoms with Crippen LogP contribution in [0.2, 0.25) is 0 Å². The minimum absolute atomic E-state index is 0.173. The number of hydrogen-bond donors (Lipinski definition) is 1. The number of nitrogens with one attached hydrogen (secondary N) is 1. The van der Waals surface area contributed by atoms with Gasteiger partial charge >= 0.3 is 12.1 Å². The largest absolute Gasteiger partial charge is 0.460 e. The van der Waals surface area contributed by atoms with Crippen molar-refractivity contribution in [1.29, 1.82) is 0 Å². The van der Waals surface area contributed by atoms with Crippen molar-refractivity contribution in [2.75, 3.05) is 25.5 Å². The fourth-order valence-electron chi connectivity index (χ4n) is 2.56. The maximum absolute atomic E-state index is 12.9. The van der Waals surface area contributed by atoms with Gasteiger partial charge in [0, 0.05) is 25.7 Å². The van der Waals surface area contributed by atoms with E-state index in [9.17, 15) is 36.5 Å². The van der Waals surface area contributed by atoms with Gasteiger partial charge in [-0.3, -0.25) is 14.9 Å². The Balaban J connectivity index is 2.07. The van der Waals surface area contributed by atoms with Gasteiger partial charge in [0.1, 0.15) is 18.8 Å². The average molecular weight is 461 g/mol. The number of nitro benzene ring substituents is 1. The molecule has 0 fully saturated rings. The highest BCUT2D eigenvalue weighted by Gasteiger charge is 2.33. The fraction of sp³-hybridized carbons (Fsp3) is 0.278. The predicted molar refractivity (Wildman–Crippen MR) is 104 cm³/mol. The second-order valence-electron chi connectivity index (χ2n) is 6.44. The number of nitrogens with zero attached hydrogens (tertiary/aromatic N) is 2. The Bertz CT molecular complexity index is 1090. The van der Waals surface area contributed by atoms with Gasteiger partial charge in [-0.05, 0) is 18.2 Å². The third-order valence-electron chi connectivity index (χ3n) is 4.05. The van der Waals surface area contributed by atoms with Crippen molar-refractivity contribution in [3.05, 3.63) is 63.7 Å². The van der Waals surface area contributed by atoms with Crippen molar-refractivity contribution in [3.63, 3.8) is 0 Å². The summed E-state index contributed by atoms with van der Waals surface area (Å²) in [6.07, 6.45) is -4.64. The first-order valence-corrected chi connectivity index (χ1v) is 10.1. The first kappa shape index (κ1) is 24.1. The van der Waals surface area contributed by atoms with Crippen LogP contribution >= 0.6 is 0 Å². The Kier molecular flexibility index (Phi) is 7.23. The van der Waals surface area contributed by atoms with Gasteiger partial charge < -0.3 is 9.64 Å². The third-order valence-corrected chi connectivity index (χ3v) is 5.45. The van der Waals surface area contributed by atoms with Crippen LogP contribution in [-0.4, -0.2) is 40.0 Å². The van der Waals surface area contributed by atoms with Gasteiger partial charge in [0.05, 0.1) is 15.4 Å². The van der Waals surface area contributed by atoms with Gasteiger partial charge in [0.15, 0.2) is 0 Å². The third kappa shape index (κ3) is 6.15. The quantitative estimate of drug-likeness (QED) is 0.365. The Hall–Kier alpha value is -3.19. The number of carbonyl (C=O) groups excluding carboxylic acids is 1. The zero-order chi connectivity index (χ0) is 23.4. The van der Waals surface area contributed by atoms with Crippen molar-refractivity contribution in [3.8, 4) is 0 Å². The molecule has 0 saturated heterocycles. The van der Waals surface area contributed by atoms with Crippen LogP contribution in [-0.2, 0) is 32.3 Å². The molecular formula is C18H18F3N3O6S. The lowest BCUT2D eigenvalue weighted by atomic mass is 10.1. The van der Waals surface area contributed by atoms with Crippen LogP contribution in [0, 0.1) is 10.1 Å². The first-order valence-electron chi connectivity index (χ1n) is 8.59. The van der Waals surface area contributed by atoms with Gasteiger partial charge in [-0.2, -0.15) is 17.9 Å². The van der Waals surface area contributed by atoms with Crippen LogP contribution in [0.1, 0.15) is 11.1 Å². The van der Waals surface area contributed by atoms with Crippen molar-refractivity contribution in [1.82, 2.24) is 4.72 Å². The number of halogens is 3.